The fourth-order valence-electron chi connectivity index (χ4n) is 2.16. The highest BCUT2D eigenvalue weighted by molar-refractivity contribution is 9.10. The van der Waals surface area contributed by atoms with Crippen molar-refractivity contribution in [1.82, 2.24) is 0 Å². The van der Waals surface area contributed by atoms with E-state index in [4.69, 9.17) is 5.73 Å². The second-order valence-electron chi connectivity index (χ2n) is 4.87. The predicted octanol–water partition coefficient (Wildman–Crippen LogP) is 2.96. The van der Waals surface area contributed by atoms with Gasteiger partial charge in [-0.25, -0.2) is 4.39 Å². The maximum Gasteiger partial charge on any atom is 0.231 e. The first kappa shape index (κ1) is 13.5. The molecule has 0 spiro atoms. The minimum Gasteiger partial charge on any atom is -0.329 e. The van der Waals surface area contributed by atoms with Gasteiger partial charge in [-0.05, 0) is 53.4 Å². The number of halogens is 2. The first-order chi connectivity index (χ1) is 8.48. The molecule has 1 aliphatic carbocycles. The van der Waals surface area contributed by atoms with Gasteiger partial charge >= 0.3 is 0 Å². The second-order valence-corrected chi connectivity index (χ2v) is 5.73. The van der Waals surface area contributed by atoms with Gasteiger partial charge in [-0.1, -0.05) is 6.42 Å². The third-order valence-corrected chi connectivity index (χ3v) is 4.31. The van der Waals surface area contributed by atoms with Crippen LogP contribution in [0.2, 0.25) is 0 Å². The van der Waals surface area contributed by atoms with Crippen molar-refractivity contribution in [3.63, 3.8) is 0 Å². The molecule has 5 heteroatoms. The summed E-state index contributed by atoms with van der Waals surface area (Å²) in [6.07, 6.45) is 2.65. The Hall–Kier alpha value is -0.940. The smallest absolute Gasteiger partial charge is 0.231 e. The van der Waals surface area contributed by atoms with Gasteiger partial charge in [0.25, 0.3) is 0 Å². The molecule has 98 valence electrons. The Kier molecular flexibility index (Phi) is 3.73. The van der Waals surface area contributed by atoms with Crippen molar-refractivity contribution in [2.75, 3.05) is 11.9 Å². The summed E-state index contributed by atoms with van der Waals surface area (Å²) in [5.41, 5.74) is 6.56. The zero-order chi connectivity index (χ0) is 13.3. The first-order valence-electron chi connectivity index (χ1n) is 5.96. The van der Waals surface area contributed by atoms with E-state index in [2.05, 4.69) is 21.2 Å². The van der Waals surface area contributed by atoms with Crippen molar-refractivity contribution in [3.8, 4) is 0 Å². The van der Waals surface area contributed by atoms with E-state index >= 15 is 0 Å². The highest BCUT2D eigenvalue weighted by Gasteiger charge is 2.42. The maximum atomic E-state index is 13.5. The zero-order valence-corrected chi connectivity index (χ0v) is 11.8. The molecule has 1 aromatic rings. The van der Waals surface area contributed by atoms with Crippen molar-refractivity contribution < 1.29 is 9.18 Å². The second kappa shape index (κ2) is 4.97. The Morgan fingerprint density at radius 1 is 1.56 bits per heavy atom. The molecule has 1 saturated carbocycles. The lowest BCUT2D eigenvalue weighted by Gasteiger charge is -2.39. The fraction of sp³-hybridized carbons (Fsp3) is 0.462. The number of aryl methyl sites for hydroxylation is 1. The molecule has 0 atom stereocenters. The topological polar surface area (TPSA) is 55.1 Å². The van der Waals surface area contributed by atoms with Crippen molar-refractivity contribution in [3.05, 3.63) is 28.0 Å². The Bertz CT molecular complexity index is 481. The number of hydrogen-bond donors (Lipinski definition) is 2. The molecule has 3 nitrogen and oxygen atoms in total. The van der Waals surface area contributed by atoms with Crippen LogP contribution in [-0.4, -0.2) is 12.5 Å². The summed E-state index contributed by atoms with van der Waals surface area (Å²) >= 11 is 3.12. The number of anilines is 1. The lowest BCUT2D eigenvalue weighted by atomic mass is 9.68. The Balaban J connectivity index is 2.19. The summed E-state index contributed by atoms with van der Waals surface area (Å²) in [5, 5.41) is 2.79. The number of hydrogen-bond acceptors (Lipinski definition) is 2. The van der Waals surface area contributed by atoms with E-state index in [0.717, 1.165) is 24.8 Å². The van der Waals surface area contributed by atoms with E-state index < -0.39 is 5.41 Å². The van der Waals surface area contributed by atoms with Gasteiger partial charge in [-0.2, -0.15) is 0 Å². The highest BCUT2D eigenvalue weighted by atomic mass is 79.9. The summed E-state index contributed by atoms with van der Waals surface area (Å²) in [4.78, 5) is 12.2. The Labute approximate surface area is 114 Å². The largest absolute Gasteiger partial charge is 0.329 e. The average Bonchev–Trinajstić information content (AvgIpc) is 2.25. The molecule has 0 heterocycles. The summed E-state index contributed by atoms with van der Waals surface area (Å²) < 4.78 is 13.9. The summed E-state index contributed by atoms with van der Waals surface area (Å²) in [6.45, 7) is 2.17. The Morgan fingerprint density at radius 3 is 2.72 bits per heavy atom. The van der Waals surface area contributed by atoms with Crippen LogP contribution in [-0.2, 0) is 4.79 Å². The summed E-state index contributed by atoms with van der Waals surface area (Å²) in [6, 6.07) is 2.99. The monoisotopic (exact) mass is 314 g/mol. The molecule has 18 heavy (non-hydrogen) atoms. The van der Waals surface area contributed by atoms with Crippen LogP contribution in [0.25, 0.3) is 0 Å². The number of carbonyl (C=O) groups is 1. The van der Waals surface area contributed by atoms with E-state index in [1.807, 2.05) is 6.92 Å². The molecular weight excluding hydrogens is 299 g/mol. The molecule has 1 fully saturated rings. The average molecular weight is 315 g/mol. The number of rotatable bonds is 3. The van der Waals surface area contributed by atoms with E-state index in [-0.39, 0.29) is 11.7 Å². The maximum absolute atomic E-state index is 13.5. The quantitative estimate of drug-likeness (QED) is 0.901. The molecular formula is C13H16BrFN2O. The lowest BCUT2D eigenvalue weighted by Crippen LogP contribution is -2.47. The van der Waals surface area contributed by atoms with Gasteiger partial charge in [0.05, 0.1) is 9.89 Å². The molecule has 0 saturated heterocycles. The first-order valence-corrected chi connectivity index (χ1v) is 6.75. The van der Waals surface area contributed by atoms with Crippen LogP contribution in [0.1, 0.15) is 24.8 Å². The van der Waals surface area contributed by atoms with Crippen LogP contribution in [0.4, 0.5) is 10.1 Å². The lowest BCUT2D eigenvalue weighted by molar-refractivity contribution is -0.129. The van der Waals surface area contributed by atoms with Crippen LogP contribution < -0.4 is 11.1 Å². The van der Waals surface area contributed by atoms with Crippen LogP contribution in [0, 0.1) is 18.2 Å². The normalized spacial score (nSPS) is 17.1. The standard InChI is InChI=1S/C13H16BrFN2O/c1-8-5-9(14)10(15)6-11(8)17-12(18)13(7-16)3-2-4-13/h5-6H,2-4,7,16H2,1H3,(H,17,18). The van der Waals surface area contributed by atoms with Crippen LogP contribution in [0.3, 0.4) is 0 Å². The van der Waals surface area contributed by atoms with E-state index in [0.29, 0.717) is 16.7 Å². The van der Waals surface area contributed by atoms with Gasteiger partial charge in [-0.3, -0.25) is 4.79 Å². The fourth-order valence-corrected chi connectivity index (χ4v) is 2.62. The van der Waals surface area contributed by atoms with Gasteiger partial charge in [-0.15, -0.1) is 0 Å². The van der Waals surface area contributed by atoms with Gasteiger partial charge in [0.2, 0.25) is 5.91 Å². The number of benzene rings is 1. The van der Waals surface area contributed by atoms with E-state index in [9.17, 15) is 9.18 Å². The number of carbonyl (C=O) groups excluding carboxylic acids is 1. The van der Waals surface area contributed by atoms with Crippen molar-refractivity contribution in [2.24, 2.45) is 11.1 Å². The van der Waals surface area contributed by atoms with Crippen LogP contribution in [0.15, 0.2) is 16.6 Å². The number of nitrogens with two attached hydrogens (primary N) is 1. The Morgan fingerprint density at radius 2 is 2.22 bits per heavy atom. The molecule has 0 unspecified atom stereocenters. The number of nitrogens with one attached hydrogen (secondary N) is 1. The van der Waals surface area contributed by atoms with Crippen molar-refractivity contribution in [2.45, 2.75) is 26.2 Å². The molecule has 3 N–H and O–H groups in total. The van der Waals surface area contributed by atoms with Gasteiger partial charge in [0, 0.05) is 12.2 Å². The van der Waals surface area contributed by atoms with E-state index in [1.165, 1.54) is 6.07 Å². The van der Waals surface area contributed by atoms with Crippen LogP contribution in [0.5, 0.6) is 0 Å². The third kappa shape index (κ3) is 2.29. The highest BCUT2D eigenvalue weighted by Crippen LogP contribution is 2.41. The van der Waals surface area contributed by atoms with E-state index in [1.54, 1.807) is 6.07 Å². The summed E-state index contributed by atoms with van der Waals surface area (Å²) in [7, 11) is 0. The summed E-state index contributed by atoms with van der Waals surface area (Å²) in [5.74, 6) is -0.479. The SMILES string of the molecule is Cc1cc(Br)c(F)cc1NC(=O)C1(CN)CCC1. The molecule has 0 aromatic heterocycles. The third-order valence-electron chi connectivity index (χ3n) is 3.70. The van der Waals surface area contributed by atoms with Gasteiger partial charge < -0.3 is 11.1 Å². The van der Waals surface area contributed by atoms with Crippen molar-refractivity contribution in [1.29, 1.82) is 0 Å². The molecule has 1 amide bonds. The molecule has 0 aliphatic heterocycles. The predicted molar refractivity (Wildman–Crippen MR) is 72.8 cm³/mol. The minimum absolute atomic E-state index is 0.0962. The van der Waals surface area contributed by atoms with Crippen molar-refractivity contribution >= 4 is 27.5 Å². The molecule has 0 radical (unpaired) electrons. The minimum atomic E-state index is -0.448. The number of amides is 1. The zero-order valence-electron chi connectivity index (χ0n) is 10.2. The molecule has 1 aromatic carbocycles. The van der Waals surface area contributed by atoms with Crippen LogP contribution >= 0.6 is 15.9 Å². The van der Waals surface area contributed by atoms with Gasteiger partial charge in [0.15, 0.2) is 0 Å². The molecule has 2 rings (SSSR count). The van der Waals surface area contributed by atoms with Gasteiger partial charge in [0.1, 0.15) is 5.82 Å². The molecule has 1 aliphatic rings. The molecule has 0 bridgehead atoms.